The molecule has 29 heavy (non-hydrogen) atoms. The molecule has 8 heteroatoms. The Morgan fingerprint density at radius 2 is 1.66 bits per heavy atom. The van der Waals surface area contributed by atoms with Gasteiger partial charge in [-0.3, -0.25) is 9.10 Å². The van der Waals surface area contributed by atoms with Gasteiger partial charge in [-0.2, -0.15) is 0 Å². The number of ether oxygens (including phenoxy) is 2. The third-order valence-electron chi connectivity index (χ3n) is 4.17. The predicted octanol–water partition coefficient (Wildman–Crippen LogP) is 2.95. The van der Waals surface area contributed by atoms with Crippen molar-refractivity contribution in [1.29, 1.82) is 0 Å². The van der Waals surface area contributed by atoms with Gasteiger partial charge in [-0.1, -0.05) is 24.3 Å². The lowest BCUT2D eigenvalue weighted by atomic mass is 10.2. The summed E-state index contributed by atoms with van der Waals surface area (Å²) in [6.45, 7) is 6.60. The first kappa shape index (κ1) is 22.5. The highest BCUT2D eigenvalue weighted by Gasteiger charge is 2.28. The first-order valence-electron chi connectivity index (χ1n) is 9.48. The van der Waals surface area contributed by atoms with Gasteiger partial charge in [-0.05, 0) is 50.6 Å². The summed E-state index contributed by atoms with van der Waals surface area (Å²) in [6.07, 6.45) is 1.09. The second kappa shape index (κ2) is 10.2. The molecule has 1 atom stereocenters. The molecule has 0 saturated carbocycles. The van der Waals surface area contributed by atoms with Gasteiger partial charge in [0.2, 0.25) is 15.9 Å². The highest BCUT2D eigenvalue weighted by molar-refractivity contribution is 7.92. The number of rotatable bonds is 10. The number of sulfonamides is 1. The number of hydrogen-bond donors (Lipinski definition) is 1. The van der Waals surface area contributed by atoms with Crippen LogP contribution in [0.3, 0.4) is 0 Å². The van der Waals surface area contributed by atoms with Crippen LogP contribution in [-0.4, -0.2) is 39.8 Å². The van der Waals surface area contributed by atoms with Crippen LogP contribution in [-0.2, 0) is 21.4 Å². The zero-order chi connectivity index (χ0) is 21.4. The Morgan fingerprint density at radius 3 is 2.24 bits per heavy atom. The molecule has 0 unspecified atom stereocenters. The number of hydrogen-bond acceptors (Lipinski definition) is 5. The lowest BCUT2D eigenvalue weighted by Gasteiger charge is -2.28. The van der Waals surface area contributed by atoms with Crippen LogP contribution in [0.2, 0.25) is 0 Å². The van der Waals surface area contributed by atoms with E-state index in [1.54, 1.807) is 43.3 Å². The Balaban J connectivity index is 2.14. The average Bonchev–Trinajstić information content (AvgIpc) is 2.68. The fraction of sp³-hybridized carbons (Fsp3) is 0.381. The highest BCUT2D eigenvalue weighted by Crippen LogP contribution is 2.28. The molecule has 2 rings (SSSR count). The number of para-hydroxylation sites is 1. The molecule has 7 nitrogen and oxygen atoms in total. The Kier molecular flexibility index (Phi) is 7.90. The molecule has 0 bridgehead atoms. The normalized spacial score (nSPS) is 12.1. The number of nitrogens with one attached hydrogen (secondary N) is 1. The summed E-state index contributed by atoms with van der Waals surface area (Å²) in [5, 5.41) is 2.80. The molecule has 0 aliphatic rings. The van der Waals surface area contributed by atoms with Gasteiger partial charge in [0.05, 0.1) is 25.2 Å². The van der Waals surface area contributed by atoms with E-state index in [9.17, 15) is 13.2 Å². The Bertz CT molecular complexity index is 916. The SMILES string of the molecule is CCOc1ccc(CNC(=O)[C@@H](C)N(c2ccccc2)S(C)(=O)=O)cc1OCC. The van der Waals surface area contributed by atoms with E-state index in [1.807, 2.05) is 26.0 Å². The summed E-state index contributed by atoms with van der Waals surface area (Å²) in [5.41, 5.74) is 1.26. The number of benzene rings is 2. The average molecular weight is 421 g/mol. The van der Waals surface area contributed by atoms with Crippen molar-refractivity contribution in [2.45, 2.75) is 33.4 Å². The first-order chi connectivity index (χ1) is 13.8. The van der Waals surface area contributed by atoms with E-state index in [1.165, 1.54) is 0 Å². The maximum absolute atomic E-state index is 12.7. The molecule has 0 aromatic heterocycles. The standard InChI is InChI=1S/C21H28N2O5S/c1-5-27-19-13-12-17(14-20(19)28-6-2)15-22-21(24)16(3)23(29(4,25)26)18-10-8-7-9-11-18/h7-14,16H,5-6,15H2,1-4H3,(H,22,24)/t16-/m1/s1. The molecule has 0 aliphatic carbocycles. The molecule has 0 heterocycles. The third kappa shape index (κ3) is 6.12. The fourth-order valence-electron chi connectivity index (χ4n) is 2.93. The Hall–Kier alpha value is -2.74. The molecular formula is C21H28N2O5S. The van der Waals surface area contributed by atoms with Crippen LogP contribution < -0.4 is 19.1 Å². The maximum atomic E-state index is 12.7. The molecular weight excluding hydrogens is 392 g/mol. The van der Waals surface area contributed by atoms with Crippen LogP contribution in [0.15, 0.2) is 48.5 Å². The molecule has 2 aromatic carbocycles. The van der Waals surface area contributed by atoms with Crippen LogP contribution in [0.1, 0.15) is 26.3 Å². The monoisotopic (exact) mass is 420 g/mol. The molecule has 0 radical (unpaired) electrons. The lowest BCUT2D eigenvalue weighted by Crippen LogP contribution is -2.47. The van der Waals surface area contributed by atoms with Gasteiger partial charge in [0.1, 0.15) is 6.04 Å². The predicted molar refractivity (Wildman–Crippen MR) is 114 cm³/mol. The van der Waals surface area contributed by atoms with Gasteiger partial charge in [0.15, 0.2) is 11.5 Å². The van der Waals surface area contributed by atoms with Gasteiger partial charge in [0, 0.05) is 6.54 Å². The van der Waals surface area contributed by atoms with Gasteiger partial charge < -0.3 is 14.8 Å². The molecule has 1 amide bonds. The van der Waals surface area contributed by atoms with Crippen molar-refractivity contribution in [3.63, 3.8) is 0 Å². The minimum Gasteiger partial charge on any atom is -0.490 e. The molecule has 0 aliphatic heterocycles. The summed E-state index contributed by atoms with van der Waals surface area (Å²) in [7, 11) is -3.64. The van der Waals surface area contributed by atoms with E-state index < -0.39 is 22.0 Å². The smallest absolute Gasteiger partial charge is 0.243 e. The number of carbonyl (C=O) groups excluding carboxylic acids is 1. The van der Waals surface area contributed by atoms with Crippen LogP contribution in [0.4, 0.5) is 5.69 Å². The largest absolute Gasteiger partial charge is 0.490 e. The van der Waals surface area contributed by atoms with Crippen molar-refractivity contribution < 1.29 is 22.7 Å². The quantitative estimate of drug-likeness (QED) is 0.639. The molecule has 0 spiro atoms. The summed E-state index contributed by atoms with van der Waals surface area (Å²) >= 11 is 0. The summed E-state index contributed by atoms with van der Waals surface area (Å²) < 4.78 is 36.8. The zero-order valence-corrected chi connectivity index (χ0v) is 18.0. The number of nitrogens with zero attached hydrogens (tertiary/aromatic N) is 1. The van der Waals surface area contributed by atoms with Gasteiger partial charge in [-0.15, -0.1) is 0 Å². The summed E-state index contributed by atoms with van der Waals surface area (Å²) in [4.78, 5) is 12.7. The molecule has 1 N–H and O–H groups in total. The topological polar surface area (TPSA) is 84.9 Å². The van der Waals surface area contributed by atoms with Crippen LogP contribution in [0.25, 0.3) is 0 Å². The fourth-order valence-corrected chi connectivity index (χ4v) is 4.10. The summed E-state index contributed by atoms with van der Waals surface area (Å²) in [6, 6.07) is 13.1. The van der Waals surface area contributed by atoms with E-state index in [0.29, 0.717) is 30.4 Å². The molecule has 0 fully saturated rings. The zero-order valence-electron chi connectivity index (χ0n) is 17.2. The summed E-state index contributed by atoms with van der Waals surface area (Å²) in [5.74, 6) is 0.854. The van der Waals surface area contributed by atoms with E-state index in [4.69, 9.17) is 9.47 Å². The van der Waals surface area contributed by atoms with Crippen molar-refractivity contribution in [2.75, 3.05) is 23.8 Å². The van der Waals surface area contributed by atoms with Crippen molar-refractivity contribution in [3.05, 3.63) is 54.1 Å². The van der Waals surface area contributed by atoms with Crippen molar-refractivity contribution in [2.24, 2.45) is 0 Å². The molecule has 2 aromatic rings. The lowest BCUT2D eigenvalue weighted by molar-refractivity contribution is -0.122. The second-order valence-corrected chi connectivity index (χ2v) is 8.29. The number of amides is 1. The second-order valence-electron chi connectivity index (χ2n) is 6.44. The van der Waals surface area contributed by atoms with Crippen LogP contribution in [0, 0.1) is 0 Å². The highest BCUT2D eigenvalue weighted by atomic mass is 32.2. The van der Waals surface area contributed by atoms with Gasteiger partial charge >= 0.3 is 0 Å². The number of carbonyl (C=O) groups is 1. The molecule has 158 valence electrons. The minimum absolute atomic E-state index is 0.238. The minimum atomic E-state index is -3.64. The van der Waals surface area contributed by atoms with Gasteiger partial charge in [-0.25, -0.2) is 8.42 Å². The van der Waals surface area contributed by atoms with Gasteiger partial charge in [0.25, 0.3) is 0 Å². The first-order valence-corrected chi connectivity index (χ1v) is 11.3. The number of anilines is 1. The van der Waals surface area contributed by atoms with Crippen molar-refractivity contribution in [1.82, 2.24) is 5.32 Å². The maximum Gasteiger partial charge on any atom is 0.243 e. The Labute approximate surface area is 172 Å². The van der Waals surface area contributed by atoms with Crippen LogP contribution >= 0.6 is 0 Å². The van der Waals surface area contributed by atoms with E-state index in [2.05, 4.69) is 5.32 Å². The van der Waals surface area contributed by atoms with Crippen molar-refractivity contribution >= 4 is 21.6 Å². The third-order valence-corrected chi connectivity index (χ3v) is 5.42. The van der Waals surface area contributed by atoms with E-state index in [0.717, 1.165) is 16.1 Å². The van der Waals surface area contributed by atoms with E-state index >= 15 is 0 Å². The van der Waals surface area contributed by atoms with E-state index in [-0.39, 0.29) is 6.54 Å². The molecule has 0 saturated heterocycles. The van der Waals surface area contributed by atoms with Crippen molar-refractivity contribution in [3.8, 4) is 11.5 Å². The Morgan fingerprint density at radius 1 is 1.03 bits per heavy atom. The van der Waals surface area contributed by atoms with Crippen LogP contribution in [0.5, 0.6) is 11.5 Å².